The van der Waals surface area contributed by atoms with Crippen LogP contribution in [0.5, 0.6) is 11.5 Å². The second-order valence-electron chi connectivity index (χ2n) is 6.06. The summed E-state index contributed by atoms with van der Waals surface area (Å²) in [6.45, 7) is 0.249. The van der Waals surface area contributed by atoms with Crippen molar-refractivity contribution in [3.8, 4) is 34.0 Å². The van der Waals surface area contributed by atoms with Crippen LogP contribution in [0.25, 0.3) is 28.2 Å². The highest BCUT2D eigenvalue weighted by Crippen LogP contribution is 2.36. The summed E-state index contributed by atoms with van der Waals surface area (Å²) in [4.78, 5) is 4.45. The number of aromatic nitrogens is 3. The second kappa shape index (κ2) is 5.86. The fourth-order valence-corrected chi connectivity index (χ4v) is 3.11. The van der Waals surface area contributed by atoms with Crippen LogP contribution < -0.4 is 9.47 Å². The third kappa shape index (κ3) is 2.39. The highest BCUT2D eigenvalue weighted by atomic mass is 16.7. The van der Waals surface area contributed by atoms with E-state index in [4.69, 9.17) is 14.6 Å². The van der Waals surface area contributed by atoms with Crippen LogP contribution in [0.1, 0.15) is 5.56 Å². The van der Waals surface area contributed by atoms with E-state index in [0.29, 0.717) is 0 Å². The van der Waals surface area contributed by atoms with Crippen molar-refractivity contribution < 1.29 is 14.6 Å². The summed E-state index contributed by atoms with van der Waals surface area (Å²) in [5.41, 5.74) is 5.20. The van der Waals surface area contributed by atoms with E-state index in [-0.39, 0.29) is 13.4 Å². The van der Waals surface area contributed by atoms with E-state index in [1.807, 2.05) is 59.1 Å². The SMILES string of the molecule is OCc1cccc(-c2ccc3ncc(-c4ccc5c(c4)OCO5)n3n2)c1. The molecule has 5 rings (SSSR count). The smallest absolute Gasteiger partial charge is 0.231 e. The number of aliphatic hydroxyl groups is 1. The molecular weight excluding hydrogens is 330 g/mol. The molecule has 1 aliphatic heterocycles. The van der Waals surface area contributed by atoms with Crippen molar-refractivity contribution in [3.05, 3.63) is 66.4 Å². The van der Waals surface area contributed by atoms with Gasteiger partial charge in [-0.15, -0.1) is 0 Å². The molecule has 2 aromatic carbocycles. The molecule has 0 spiro atoms. The van der Waals surface area contributed by atoms with Gasteiger partial charge in [0.15, 0.2) is 17.1 Å². The minimum absolute atomic E-state index is 0.00358. The molecule has 0 aliphatic carbocycles. The monoisotopic (exact) mass is 345 g/mol. The minimum Gasteiger partial charge on any atom is -0.454 e. The molecule has 0 saturated heterocycles. The van der Waals surface area contributed by atoms with Crippen molar-refractivity contribution in [1.82, 2.24) is 14.6 Å². The van der Waals surface area contributed by atoms with Crippen molar-refractivity contribution >= 4 is 5.65 Å². The lowest BCUT2D eigenvalue weighted by molar-refractivity contribution is 0.174. The summed E-state index contributed by atoms with van der Waals surface area (Å²) < 4.78 is 12.7. The molecule has 1 aliphatic rings. The highest BCUT2D eigenvalue weighted by molar-refractivity contribution is 5.68. The lowest BCUT2D eigenvalue weighted by Crippen LogP contribution is -1.97. The molecule has 0 fully saturated rings. The van der Waals surface area contributed by atoms with Gasteiger partial charge in [0.1, 0.15) is 0 Å². The topological polar surface area (TPSA) is 68.9 Å². The van der Waals surface area contributed by atoms with E-state index >= 15 is 0 Å². The number of fused-ring (bicyclic) bond motifs is 2. The van der Waals surface area contributed by atoms with Crippen molar-refractivity contribution in [2.24, 2.45) is 0 Å². The second-order valence-corrected chi connectivity index (χ2v) is 6.06. The Bertz CT molecular complexity index is 1120. The summed E-state index contributed by atoms with van der Waals surface area (Å²) in [5, 5.41) is 14.1. The summed E-state index contributed by atoms with van der Waals surface area (Å²) >= 11 is 0. The molecular formula is C20H15N3O3. The lowest BCUT2D eigenvalue weighted by Gasteiger charge is -2.06. The average molecular weight is 345 g/mol. The number of nitrogens with zero attached hydrogens (tertiary/aromatic N) is 3. The molecule has 1 N–H and O–H groups in total. The third-order valence-electron chi connectivity index (χ3n) is 4.44. The van der Waals surface area contributed by atoms with Crippen LogP contribution in [0, 0.1) is 0 Å². The number of hydrogen-bond acceptors (Lipinski definition) is 5. The maximum Gasteiger partial charge on any atom is 0.231 e. The Balaban J connectivity index is 1.63. The molecule has 0 atom stereocenters. The third-order valence-corrected chi connectivity index (χ3v) is 4.44. The Morgan fingerprint density at radius 2 is 1.88 bits per heavy atom. The molecule has 0 saturated carbocycles. The first-order valence-electron chi connectivity index (χ1n) is 8.27. The maximum absolute atomic E-state index is 9.36. The van der Waals surface area contributed by atoms with Gasteiger partial charge in [0.25, 0.3) is 0 Å². The summed E-state index contributed by atoms with van der Waals surface area (Å²) in [6.07, 6.45) is 1.80. The van der Waals surface area contributed by atoms with Crippen LogP contribution in [-0.2, 0) is 6.61 Å². The van der Waals surface area contributed by atoms with Crippen LogP contribution in [0.15, 0.2) is 60.8 Å². The van der Waals surface area contributed by atoms with Crippen molar-refractivity contribution in [2.75, 3.05) is 6.79 Å². The average Bonchev–Trinajstić information content (AvgIpc) is 3.33. The van der Waals surface area contributed by atoms with Crippen LogP contribution in [-0.4, -0.2) is 26.5 Å². The minimum atomic E-state index is 0.00358. The van der Waals surface area contributed by atoms with Crippen molar-refractivity contribution in [1.29, 1.82) is 0 Å². The molecule has 128 valence electrons. The molecule has 4 aromatic rings. The Labute approximate surface area is 149 Å². The zero-order valence-electron chi connectivity index (χ0n) is 13.8. The van der Waals surface area contributed by atoms with Gasteiger partial charge in [-0.05, 0) is 42.0 Å². The van der Waals surface area contributed by atoms with Gasteiger partial charge in [0.2, 0.25) is 6.79 Å². The fraction of sp³-hybridized carbons (Fsp3) is 0.100. The normalized spacial score (nSPS) is 12.7. The van der Waals surface area contributed by atoms with Gasteiger partial charge in [0.05, 0.1) is 24.2 Å². The van der Waals surface area contributed by atoms with Gasteiger partial charge >= 0.3 is 0 Å². The summed E-state index contributed by atoms with van der Waals surface area (Å²) in [7, 11) is 0. The first kappa shape index (κ1) is 14.9. The van der Waals surface area contributed by atoms with Crippen LogP contribution in [0.4, 0.5) is 0 Å². The Hall–Kier alpha value is -3.38. The number of ether oxygens (including phenoxy) is 2. The predicted octanol–water partition coefficient (Wildman–Crippen LogP) is 3.28. The van der Waals surface area contributed by atoms with Crippen LogP contribution in [0.2, 0.25) is 0 Å². The van der Waals surface area contributed by atoms with Gasteiger partial charge in [-0.25, -0.2) is 9.50 Å². The van der Waals surface area contributed by atoms with E-state index < -0.39 is 0 Å². The molecule has 3 heterocycles. The zero-order chi connectivity index (χ0) is 17.5. The lowest BCUT2D eigenvalue weighted by atomic mass is 10.1. The fourth-order valence-electron chi connectivity index (χ4n) is 3.11. The zero-order valence-corrected chi connectivity index (χ0v) is 13.8. The summed E-state index contributed by atoms with van der Waals surface area (Å²) in [5.74, 6) is 1.47. The highest BCUT2D eigenvalue weighted by Gasteiger charge is 2.16. The molecule has 6 nitrogen and oxygen atoms in total. The standard InChI is InChI=1S/C20H15N3O3/c24-11-13-2-1-3-14(8-13)16-5-7-20-21-10-17(23(20)22-16)15-4-6-18-19(9-15)26-12-25-18/h1-10,24H,11-12H2. The van der Waals surface area contributed by atoms with E-state index in [9.17, 15) is 5.11 Å². The Morgan fingerprint density at radius 1 is 0.962 bits per heavy atom. The van der Waals surface area contributed by atoms with Gasteiger partial charge in [-0.3, -0.25) is 0 Å². The molecule has 26 heavy (non-hydrogen) atoms. The molecule has 0 amide bonds. The maximum atomic E-state index is 9.36. The number of rotatable bonds is 3. The van der Waals surface area contributed by atoms with E-state index in [1.54, 1.807) is 6.20 Å². The molecule has 2 aromatic heterocycles. The Morgan fingerprint density at radius 3 is 2.81 bits per heavy atom. The van der Waals surface area contributed by atoms with E-state index in [1.165, 1.54) is 0 Å². The first-order chi connectivity index (χ1) is 12.8. The van der Waals surface area contributed by atoms with Gasteiger partial charge < -0.3 is 14.6 Å². The summed E-state index contributed by atoms with van der Waals surface area (Å²) in [6, 6.07) is 17.4. The van der Waals surface area contributed by atoms with Gasteiger partial charge in [-0.1, -0.05) is 18.2 Å². The molecule has 0 radical (unpaired) electrons. The van der Waals surface area contributed by atoms with E-state index in [2.05, 4.69) is 4.98 Å². The van der Waals surface area contributed by atoms with Gasteiger partial charge in [0, 0.05) is 11.1 Å². The number of benzene rings is 2. The largest absolute Gasteiger partial charge is 0.454 e. The van der Waals surface area contributed by atoms with Crippen LogP contribution in [0.3, 0.4) is 0 Å². The first-order valence-corrected chi connectivity index (χ1v) is 8.27. The number of imidazole rings is 1. The number of aliphatic hydroxyl groups excluding tert-OH is 1. The van der Waals surface area contributed by atoms with Crippen molar-refractivity contribution in [3.63, 3.8) is 0 Å². The molecule has 0 bridgehead atoms. The molecule has 6 heteroatoms. The van der Waals surface area contributed by atoms with Crippen molar-refractivity contribution in [2.45, 2.75) is 6.61 Å². The predicted molar refractivity (Wildman–Crippen MR) is 95.9 cm³/mol. The Kier molecular flexibility index (Phi) is 3.36. The number of hydrogen-bond donors (Lipinski definition) is 1. The van der Waals surface area contributed by atoms with Crippen LogP contribution >= 0.6 is 0 Å². The van der Waals surface area contributed by atoms with Gasteiger partial charge in [-0.2, -0.15) is 5.10 Å². The quantitative estimate of drug-likeness (QED) is 0.617. The molecule has 0 unspecified atom stereocenters. The van der Waals surface area contributed by atoms with E-state index in [0.717, 1.165) is 45.2 Å².